The van der Waals surface area contributed by atoms with Crippen molar-refractivity contribution in [1.82, 2.24) is 10.2 Å². The molecule has 202 valence electrons. The quantitative estimate of drug-likeness (QED) is 0.459. The number of carbonyl (C=O) groups is 2. The molecule has 2 amide bonds. The first-order chi connectivity index (χ1) is 17.5. The lowest BCUT2D eigenvalue weighted by molar-refractivity contribution is -0.140. The topological polar surface area (TPSA) is 86.8 Å². The van der Waals surface area contributed by atoms with Gasteiger partial charge in [0.2, 0.25) is 21.8 Å². The van der Waals surface area contributed by atoms with Crippen LogP contribution < -0.4 is 9.62 Å². The average Bonchev–Trinajstić information content (AvgIpc) is 2.85. The smallest absolute Gasteiger partial charge is 0.244 e. The van der Waals surface area contributed by atoms with Gasteiger partial charge in [0.05, 0.1) is 17.0 Å². The largest absolute Gasteiger partial charge is 0.352 e. The number of amides is 2. The van der Waals surface area contributed by atoms with Gasteiger partial charge in [-0.1, -0.05) is 62.1 Å². The molecule has 1 aliphatic carbocycles. The van der Waals surface area contributed by atoms with Crippen molar-refractivity contribution >= 4 is 39.1 Å². The van der Waals surface area contributed by atoms with Gasteiger partial charge in [0.1, 0.15) is 18.4 Å². The van der Waals surface area contributed by atoms with Crippen LogP contribution in [0.25, 0.3) is 0 Å². The predicted octanol–water partition coefficient (Wildman–Crippen LogP) is 4.81. The number of nitrogens with one attached hydrogen (secondary N) is 1. The van der Waals surface area contributed by atoms with E-state index in [0.29, 0.717) is 6.42 Å². The second kappa shape index (κ2) is 12.7. The second-order valence-electron chi connectivity index (χ2n) is 9.58. The maximum absolute atomic E-state index is 13.8. The number of nitrogens with zero attached hydrogens (tertiary/aromatic N) is 2. The summed E-state index contributed by atoms with van der Waals surface area (Å²) < 4.78 is 40.0. The Morgan fingerprint density at radius 2 is 1.81 bits per heavy atom. The van der Waals surface area contributed by atoms with Crippen LogP contribution in [0.5, 0.6) is 0 Å². The van der Waals surface area contributed by atoms with E-state index in [1.54, 1.807) is 0 Å². The number of aryl methyl sites for hydroxylation is 1. The fourth-order valence-electron chi connectivity index (χ4n) is 4.69. The number of carbonyl (C=O) groups excluding carboxylic acids is 2. The van der Waals surface area contributed by atoms with E-state index in [-0.39, 0.29) is 29.2 Å². The van der Waals surface area contributed by atoms with Crippen LogP contribution >= 0.6 is 11.6 Å². The Labute approximate surface area is 224 Å². The van der Waals surface area contributed by atoms with Crippen LogP contribution in [-0.4, -0.2) is 50.0 Å². The third kappa shape index (κ3) is 7.68. The minimum atomic E-state index is -3.93. The van der Waals surface area contributed by atoms with Crippen molar-refractivity contribution in [3.05, 3.63) is 64.4 Å². The molecule has 1 saturated carbocycles. The van der Waals surface area contributed by atoms with Gasteiger partial charge in [-0.25, -0.2) is 12.8 Å². The Morgan fingerprint density at radius 1 is 1.14 bits per heavy atom. The van der Waals surface area contributed by atoms with Gasteiger partial charge < -0.3 is 10.2 Å². The van der Waals surface area contributed by atoms with Gasteiger partial charge in [0, 0.05) is 12.6 Å². The summed E-state index contributed by atoms with van der Waals surface area (Å²) in [6.07, 6.45) is 6.39. The Morgan fingerprint density at radius 3 is 2.41 bits per heavy atom. The summed E-state index contributed by atoms with van der Waals surface area (Å²) in [7, 11) is -3.93. The fraction of sp³-hybridized carbons (Fsp3) is 0.481. The lowest BCUT2D eigenvalue weighted by Gasteiger charge is -2.34. The lowest BCUT2D eigenvalue weighted by atomic mass is 9.95. The van der Waals surface area contributed by atoms with Crippen LogP contribution in [0.4, 0.5) is 10.1 Å². The van der Waals surface area contributed by atoms with Gasteiger partial charge in [-0.2, -0.15) is 0 Å². The normalized spacial score (nSPS) is 15.2. The second-order valence-corrected chi connectivity index (χ2v) is 11.9. The molecule has 0 bridgehead atoms. The van der Waals surface area contributed by atoms with Gasteiger partial charge in [0.25, 0.3) is 0 Å². The standard InChI is InChI=1S/C27H35ClFN3O4S/c1-4-25(27(34)30-21-12-6-5-7-13-21)31(17-20-11-9-8-10-19(20)2)26(33)18-32(37(3,35)36)22-14-15-24(29)23(28)16-22/h8-11,14-16,21,25H,4-7,12-13,17-18H2,1-3H3,(H,30,34)/t25-/m1/s1. The minimum Gasteiger partial charge on any atom is -0.352 e. The van der Waals surface area contributed by atoms with Crippen LogP contribution in [0.2, 0.25) is 5.02 Å². The molecule has 2 aromatic rings. The molecule has 1 fully saturated rings. The van der Waals surface area contributed by atoms with E-state index < -0.39 is 34.3 Å². The van der Waals surface area contributed by atoms with E-state index in [1.807, 2.05) is 38.1 Å². The third-order valence-electron chi connectivity index (χ3n) is 6.81. The van der Waals surface area contributed by atoms with Gasteiger partial charge >= 0.3 is 0 Å². The van der Waals surface area contributed by atoms with Crippen molar-refractivity contribution in [3.8, 4) is 0 Å². The third-order valence-corrected chi connectivity index (χ3v) is 8.24. The molecule has 1 aliphatic rings. The predicted molar refractivity (Wildman–Crippen MR) is 144 cm³/mol. The molecule has 0 heterocycles. The van der Waals surface area contributed by atoms with Crippen molar-refractivity contribution in [2.75, 3.05) is 17.1 Å². The summed E-state index contributed by atoms with van der Waals surface area (Å²) in [6.45, 7) is 3.34. The summed E-state index contributed by atoms with van der Waals surface area (Å²) >= 11 is 5.89. The minimum absolute atomic E-state index is 0.0674. The zero-order valence-corrected chi connectivity index (χ0v) is 23.1. The molecular weight excluding hydrogens is 517 g/mol. The molecule has 0 aliphatic heterocycles. The van der Waals surface area contributed by atoms with E-state index in [1.165, 1.54) is 17.0 Å². The van der Waals surface area contributed by atoms with Crippen molar-refractivity contribution in [2.24, 2.45) is 0 Å². The zero-order chi connectivity index (χ0) is 27.2. The summed E-state index contributed by atoms with van der Waals surface area (Å²) in [5.74, 6) is -1.48. The van der Waals surface area contributed by atoms with Crippen molar-refractivity contribution < 1.29 is 22.4 Å². The Bertz CT molecular complexity index is 1220. The number of benzene rings is 2. The van der Waals surface area contributed by atoms with Gasteiger partial charge in [-0.05, 0) is 55.5 Å². The highest BCUT2D eigenvalue weighted by molar-refractivity contribution is 7.92. The molecule has 10 heteroatoms. The van der Waals surface area contributed by atoms with Crippen LogP contribution in [0.15, 0.2) is 42.5 Å². The monoisotopic (exact) mass is 551 g/mol. The number of halogens is 2. The molecule has 0 spiro atoms. The van der Waals surface area contributed by atoms with Crippen molar-refractivity contribution in [3.63, 3.8) is 0 Å². The van der Waals surface area contributed by atoms with Crippen molar-refractivity contribution in [1.29, 1.82) is 0 Å². The summed E-state index contributed by atoms with van der Waals surface area (Å²) in [5.41, 5.74) is 1.88. The lowest BCUT2D eigenvalue weighted by Crippen LogP contribution is -2.54. The maximum Gasteiger partial charge on any atom is 0.244 e. The highest BCUT2D eigenvalue weighted by Gasteiger charge is 2.33. The molecular formula is C27H35ClFN3O4S. The van der Waals surface area contributed by atoms with Gasteiger partial charge in [-0.3, -0.25) is 13.9 Å². The molecule has 2 aromatic carbocycles. The highest BCUT2D eigenvalue weighted by atomic mass is 35.5. The van der Waals surface area contributed by atoms with E-state index in [2.05, 4.69) is 5.32 Å². The molecule has 0 radical (unpaired) electrons. The van der Waals surface area contributed by atoms with E-state index in [9.17, 15) is 22.4 Å². The van der Waals surface area contributed by atoms with E-state index >= 15 is 0 Å². The van der Waals surface area contributed by atoms with Crippen LogP contribution in [0.3, 0.4) is 0 Å². The Kier molecular flexibility index (Phi) is 9.95. The number of hydrogen-bond donors (Lipinski definition) is 1. The van der Waals surface area contributed by atoms with Crippen LogP contribution in [0.1, 0.15) is 56.6 Å². The number of anilines is 1. The van der Waals surface area contributed by atoms with E-state index in [4.69, 9.17) is 11.6 Å². The molecule has 1 N–H and O–H groups in total. The maximum atomic E-state index is 13.8. The molecule has 3 rings (SSSR count). The summed E-state index contributed by atoms with van der Waals surface area (Å²) in [4.78, 5) is 28.6. The molecule has 0 aromatic heterocycles. The molecule has 0 saturated heterocycles. The Balaban J connectivity index is 1.93. The SMILES string of the molecule is CC[C@H](C(=O)NC1CCCCC1)N(Cc1ccccc1C)C(=O)CN(c1ccc(F)c(Cl)c1)S(C)(=O)=O. The fourth-order valence-corrected chi connectivity index (χ4v) is 5.70. The first-order valence-electron chi connectivity index (χ1n) is 12.6. The molecule has 1 atom stereocenters. The molecule has 7 nitrogen and oxygen atoms in total. The first kappa shape index (κ1) is 28.9. The summed E-state index contributed by atoms with van der Waals surface area (Å²) in [6, 6.07) is 10.3. The first-order valence-corrected chi connectivity index (χ1v) is 14.8. The highest BCUT2D eigenvalue weighted by Crippen LogP contribution is 2.25. The van der Waals surface area contributed by atoms with E-state index in [0.717, 1.165) is 59.9 Å². The molecule has 37 heavy (non-hydrogen) atoms. The zero-order valence-electron chi connectivity index (χ0n) is 21.5. The Hall–Kier alpha value is -2.65. The van der Waals surface area contributed by atoms with Crippen LogP contribution in [0, 0.1) is 12.7 Å². The van der Waals surface area contributed by atoms with Gasteiger partial charge in [0.15, 0.2) is 0 Å². The average molecular weight is 552 g/mol. The van der Waals surface area contributed by atoms with Crippen LogP contribution in [-0.2, 0) is 26.2 Å². The number of sulfonamides is 1. The van der Waals surface area contributed by atoms with Crippen molar-refractivity contribution in [2.45, 2.75) is 71.0 Å². The summed E-state index contributed by atoms with van der Waals surface area (Å²) in [5, 5.41) is 2.85. The number of rotatable bonds is 10. The van der Waals surface area contributed by atoms with Gasteiger partial charge in [-0.15, -0.1) is 0 Å². The molecule has 0 unspecified atom stereocenters. The number of hydrogen-bond acceptors (Lipinski definition) is 4.